The molecule has 2 aromatic carbocycles. The average molecular weight is 418 g/mol. The van der Waals surface area contributed by atoms with Crippen LogP contribution in [0.1, 0.15) is 31.9 Å². The standard InChI is InChI=1S/C23H27N7O/c1-5-15-8-11-19-18(12-15)21-22(25-19)26-23(29-27-21)28-24-14-16-9-10-17(13-20(16)31-4)30(6-2)7-3/h8-14H,5-7H2,1-4H3,(H2,25,26,28,29)/b24-14+. The number of rotatable bonds is 8. The Kier molecular flexibility index (Phi) is 5.97. The highest BCUT2D eigenvalue weighted by molar-refractivity contribution is 6.03. The summed E-state index contributed by atoms with van der Waals surface area (Å²) in [5.74, 6) is 1.08. The van der Waals surface area contributed by atoms with Crippen molar-refractivity contribution in [2.45, 2.75) is 27.2 Å². The van der Waals surface area contributed by atoms with Crippen molar-refractivity contribution < 1.29 is 4.74 Å². The summed E-state index contributed by atoms with van der Waals surface area (Å²) in [6.07, 6.45) is 2.66. The molecular weight excluding hydrogens is 390 g/mol. The van der Waals surface area contributed by atoms with Crippen LogP contribution in [-0.4, -0.2) is 46.6 Å². The Labute approximate surface area is 181 Å². The van der Waals surface area contributed by atoms with E-state index in [-0.39, 0.29) is 0 Å². The molecule has 8 nitrogen and oxygen atoms in total. The van der Waals surface area contributed by atoms with Crippen LogP contribution < -0.4 is 15.1 Å². The molecule has 0 unspecified atom stereocenters. The first kappa shape index (κ1) is 20.6. The van der Waals surface area contributed by atoms with Crippen LogP contribution >= 0.6 is 0 Å². The summed E-state index contributed by atoms with van der Waals surface area (Å²) in [6, 6.07) is 12.4. The molecule has 0 aliphatic carbocycles. The Morgan fingerprint density at radius 1 is 1.10 bits per heavy atom. The summed E-state index contributed by atoms with van der Waals surface area (Å²) in [7, 11) is 1.66. The van der Waals surface area contributed by atoms with E-state index < -0.39 is 0 Å². The molecular formula is C23H27N7O. The summed E-state index contributed by atoms with van der Waals surface area (Å²) in [5.41, 5.74) is 8.52. The van der Waals surface area contributed by atoms with E-state index >= 15 is 0 Å². The van der Waals surface area contributed by atoms with E-state index in [4.69, 9.17) is 4.74 Å². The monoisotopic (exact) mass is 417 g/mol. The number of nitrogens with one attached hydrogen (secondary N) is 2. The Morgan fingerprint density at radius 3 is 2.68 bits per heavy atom. The van der Waals surface area contributed by atoms with Crippen LogP contribution in [0.3, 0.4) is 0 Å². The number of hydrogen-bond acceptors (Lipinski definition) is 7. The molecule has 0 radical (unpaired) electrons. The van der Waals surface area contributed by atoms with Gasteiger partial charge in [0.25, 0.3) is 5.95 Å². The number of aromatic nitrogens is 4. The molecule has 4 rings (SSSR count). The Hall–Kier alpha value is -3.68. The minimum atomic E-state index is 0.324. The average Bonchev–Trinajstić information content (AvgIpc) is 3.17. The largest absolute Gasteiger partial charge is 0.496 e. The van der Waals surface area contributed by atoms with E-state index in [0.29, 0.717) is 11.6 Å². The zero-order chi connectivity index (χ0) is 21.8. The van der Waals surface area contributed by atoms with Gasteiger partial charge in [-0.2, -0.15) is 10.1 Å². The summed E-state index contributed by atoms with van der Waals surface area (Å²) in [6.45, 7) is 8.28. The fourth-order valence-electron chi connectivity index (χ4n) is 3.64. The molecule has 0 bridgehead atoms. The quantitative estimate of drug-likeness (QED) is 0.327. The minimum Gasteiger partial charge on any atom is -0.496 e. The predicted molar refractivity (Wildman–Crippen MR) is 126 cm³/mol. The van der Waals surface area contributed by atoms with Crippen LogP contribution in [0.25, 0.3) is 22.1 Å². The van der Waals surface area contributed by atoms with Gasteiger partial charge in [-0.15, -0.1) is 10.2 Å². The topological polar surface area (TPSA) is 91.3 Å². The molecule has 2 heterocycles. The summed E-state index contributed by atoms with van der Waals surface area (Å²) in [4.78, 5) is 10.1. The van der Waals surface area contributed by atoms with Crippen LogP contribution in [0, 0.1) is 0 Å². The number of aryl methyl sites for hydroxylation is 1. The van der Waals surface area contributed by atoms with Crippen molar-refractivity contribution in [3.63, 3.8) is 0 Å². The molecule has 2 N–H and O–H groups in total. The van der Waals surface area contributed by atoms with E-state index in [9.17, 15) is 0 Å². The van der Waals surface area contributed by atoms with Gasteiger partial charge in [0.05, 0.1) is 13.3 Å². The number of anilines is 2. The molecule has 0 saturated carbocycles. The fraction of sp³-hybridized carbons (Fsp3) is 0.304. The van der Waals surface area contributed by atoms with E-state index in [1.54, 1.807) is 13.3 Å². The van der Waals surface area contributed by atoms with Gasteiger partial charge in [0, 0.05) is 41.3 Å². The molecule has 0 amide bonds. The first-order chi connectivity index (χ1) is 15.2. The number of ether oxygens (including phenoxy) is 1. The van der Waals surface area contributed by atoms with Gasteiger partial charge >= 0.3 is 0 Å². The molecule has 0 aliphatic rings. The number of nitrogens with zero attached hydrogens (tertiary/aromatic N) is 5. The van der Waals surface area contributed by atoms with Gasteiger partial charge in [-0.25, -0.2) is 5.43 Å². The summed E-state index contributed by atoms with van der Waals surface area (Å²) < 4.78 is 5.54. The molecule has 0 aliphatic heterocycles. The van der Waals surface area contributed by atoms with E-state index in [0.717, 1.165) is 52.9 Å². The lowest BCUT2D eigenvalue weighted by Crippen LogP contribution is -2.21. The molecule has 2 aromatic heterocycles. The zero-order valence-electron chi connectivity index (χ0n) is 18.3. The van der Waals surface area contributed by atoms with Crippen molar-refractivity contribution in [3.05, 3.63) is 47.5 Å². The minimum absolute atomic E-state index is 0.324. The summed E-state index contributed by atoms with van der Waals surface area (Å²) >= 11 is 0. The Bertz CT molecular complexity index is 1230. The van der Waals surface area contributed by atoms with Crippen molar-refractivity contribution in [1.82, 2.24) is 20.2 Å². The van der Waals surface area contributed by atoms with Crippen LogP contribution in [0.4, 0.5) is 11.6 Å². The lowest BCUT2D eigenvalue weighted by molar-refractivity contribution is 0.414. The number of hydrazone groups is 1. The maximum atomic E-state index is 5.54. The smallest absolute Gasteiger partial charge is 0.265 e. The first-order valence-electron chi connectivity index (χ1n) is 10.5. The van der Waals surface area contributed by atoms with Crippen molar-refractivity contribution in [3.8, 4) is 5.75 Å². The number of methoxy groups -OCH3 is 1. The van der Waals surface area contributed by atoms with Crippen LogP contribution in [-0.2, 0) is 6.42 Å². The molecule has 8 heteroatoms. The van der Waals surface area contributed by atoms with Crippen molar-refractivity contribution in [2.24, 2.45) is 5.10 Å². The Morgan fingerprint density at radius 2 is 1.94 bits per heavy atom. The first-order valence-corrected chi connectivity index (χ1v) is 10.5. The van der Waals surface area contributed by atoms with Crippen molar-refractivity contribution in [2.75, 3.05) is 30.5 Å². The van der Waals surface area contributed by atoms with Gasteiger partial charge in [0.1, 0.15) is 11.3 Å². The van der Waals surface area contributed by atoms with Gasteiger partial charge in [-0.3, -0.25) is 0 Å². The van der Waals surface area contributed by atoms with Crippen LogP contribution in [0.5, 0.6) is 5.75 Å². The number of aromatic amines is 1. The third-order valence-electron chi connectivity index (χ3n) is 5.40. The second-order valence-electron chi connectivity index (χ2n) is 7.16. The molecule has 0 spiro atoms. The molecule has 0 fully saturated rings. The molecule has 4 aromatic rings. The van der Waals surface area contributed by atoms with Gasteiger partial charge in [-0.05, 0) is 50.1 Å². The third kappa shape index (κ3) is 4.14. The number of fused-ring (bicyclic) bond motifs is 3. The molecule has 160 valence electrons. The molecule has 0 atom stereocenters. The third-order valence-corrected chi connectivity index (χ3v) is 5.40. The second-order valence-corrected chi connectivity index (χ2v) is 7.16. The summed E-state index contributed by atoms with van der Waals surface area (Å²) in [5, 5.41) is 13.8. The fourth-order valence-corrected chi connectivity index (χ4v) is 3.64. The number of H-pyrrole nitrogens is 1. The maximum absolute atomic E-state index is 5.54. The van der Waals surface area contributed by atoms with Crippen molar-refractivity contribution in [1.29, 1.82) is 0 Å². The lowest BCUT2D eigenvalue weighted by atomic mass is 10.1. The van der Waals surface area contributed by atoms with Gasteiger partial charge in [-0.1, -0.05) is 13.0 Å². The molecule has 0 saturated heterocycles. The zero-order valence-corrected chi connectivity index (χ0v) is 18.3. The molecule has 31 heavy (non-hydrogen) atoms. The van der Waals surface area contributed by atoms with Gasteiger partial charge in [0.15, 0.2) is 5.65 Å². The van der Waals surface area contributed by atoms with Crippen LogP contribution in [0.2, 0.25) is 0 Å². The van der Waals surface area contributed by atoms with Gasteiger partial charge < -0.3 is 14.6 Å². The van der Waals surface area contributed by atoms with Gasteiger partial charge in [0.2, 0.25) is 0 Å². The van der Waals surface area contributed by atoms with E-state index in [1.165, 1.54) is 5.56 Å². The highest BCUT2D eigenvalue weighted by Crippen LogP contribution is 2.25. The maximum Gasteiger partial charge on any atom is 0.265 e. The van der Waals surface area contributed by atoms with Crippen molar-refractivity contribution >= 4 is 39.9 Å². The SMILES string of the molecule is CCc1ccc2[nH]c3nc(N/N=C/c4ccc(N(CC)CC)cc4OC)nnc3c2c1. The van der Waals surface area contributed by atoms with E-state index in [2.05, 4.69) is 80.6 Å². The Balaban J connectivity index is 1.55. The second kappa shape index (κ2) is 8.99. The number of hydrogen-bond donors (Lipinski definition) is 2. The lowest BCUT2D eigenvalue weighted by Gasteiger charge is -2.21. The predicted octanol–water partition coefficient (Wildman–Crippen LogP) is 4.37. The highest BCUT2D eigenvalue weighted by Gasteiger charge is 2.10. The number of benzene rings is 2. The highest BCUT2D eigenvalue weighted by atomic mass is 16.5. The normalized spacial score (nSPS) is 11.5. The van der Waals surface area contributed by atoms with E-state index in [1.807, 2.05) is 12.1 Å². The van der Waals surface area contributed by atoms with Crippen LogP contribution in [0.15, 0.2) is 41.5 Å².